The van der Waals surface area contributed by atoms with Gasteiger partial charge in [0.1, 0.15) is 5.82 Å². The van der Waals surface area contributed by atoms with Crippen molar-refractivity contribution in [2.75, 3.05) is 7.05 Å². The van der Waals surface area contributed by atoms with Gasteiger partial charge < -0.3 is 5.32 Å². The van der Waals surface area contributed by atoms with Crippen LogP contribution in [0.1, 0.15) is 43.9 Å². The molecule has 0 heterocycles. The average molecular weight is 221 g/mol. The van der Waals surface area contributed by atoms with Crippen LogP contribution < -0.4 is 5.32 Å². The molecule has 0 fully saturated rings. The molecule has 88 valence electrons. The third-order valence-corrected chi connectivity index (χ3v) is 3.66. The van der Waals surface area contributed by atoms with E-state index in [9.17, 15) is 4.39 Å². The Morgan fingerprint density at radius 1 is 1.38 bits per heavy atom. The highest BCUT2D eigenvalue weighted by atomic mass is 19.1. The van der Waals surface area contributed by atoms with Gasteiger partial charge in [0, 0.05) is 6.04 Å². The Labute approximate surface area is 97.1 Å². The van der Waals surface area contributed by atoms with E-state index in [0.717, 1.165) is 18.4 Å². The van der Waals surface area contributed by atoms with Crippen molar-refractivity contribution in [1.29, 1.82) is 0 Å². The summed E-state index contributed by atoms with van der Waals surface area (Å²) in [6.45, 7) is 4.58. The topological polar surface area (TPSA) is 12.0 Å². The van der Waals surface area contributed by atoms with Gasteiger partial charge in [-0.1, -0.05) is 19.9 Å². The minimum atomic E-state index is -0.126. The van der Waals surface area contributed by atoms with E-state index < -0.39 is 0 Å². The van der Waals surface area contributed by atoms with Crippen molar-refractivity contribution in [3.63, 3.8) is 0 Å². The smallest absolute Gasteiger partial charge is 0.123 e. The van der Waals surface area contributed by atoms with E-state index in [4.69, 9.17) is 0 Å². The molecule has 1 unspecified atom stereocenters. The van der Waals surface area contributed by atoms with Crippen molar-refractivity contribution in [2.24, 2.45) is 5.41 Å². The number of fused-ring (bicyclic) bond motifs is 1. The Hall–Kier alpha value is -0.890. The van der Waals surface area contributed by atoms with Crippen LogP contribution in [0.4, 0.5) is 4.39 Å². The monoisotopic (exact) mass is 221 g/mol. The van der Waals surface area contributed by atoms with E-state index in [-0.39, 0.29) is 11.9 Å². The van der Waals surface area contributed by atoms with Gasteiger partial charge >= 0.3 is 0 Å². The molecule has 0 aromatic heterocycles. The molecule has 2 heteroatoms. The summed E-state index contributed by atoms with van der Waals surface area (Å²) in [7, 11) is 1.96. The third kappa shape index (κ3) is 2.27. The summed E-state index contributed by atoms with van der Waals surface area (Å²) in [5, 5.41) is 3.32. The fraction of sp³-hybridized carbons (Fsp3) is 0.571. The highest BCUT2D eigenvalue weighted by molar-refractivity contribution is 5.32. The van der Waals surface area contributed by atoms with Gasteiger partial charge in [0.2, 0.25) is 0 Å². The van der Waals surface area contributed by atoms with Gasteiger partial charge in [-0.2, -0.15) is 0 Å². The first-order valence-electron chi connectivity index (χ1n) is 5.97. The summed E-state index contributed by atoms with van der Waals surface area (Å²) >= 11 is 0. The van der Waals surface area contributed by atoms with Crippen molar-refractivity contribution >= 4 is 0 Å². The number of aryl methyl sites for hydroxylation is 1. The lowest BCUT2D eigenvalue weighted by atomic mass is 9.83. The Bertz CT molecular complexity index is 384. The maximum Gasteiger partial charge on any atom is 0.123 e. The predicted octanol–water partition coefficient (Wildman–Crippen LogP) is 3.45. The Balaban J connectivity index is 2.41. The fourth-order valence-corrected chi connectivity index (χ4v) is 2.61. The molecule has 1 aliphatic rings. The second-order valence-corrected chi connectivity index (χ2v) is 5.55. The van der Waals surface area contributed by atoms with Crippen LogP contribution in [0.2, 0.25) is 0 Å². The molecule has 0 spiro atoms. The largest absolute Gasteiger partial charge is 0.313 e. The van der Waals surface area contributed by atoms with Crippen LogP contribution in [0.5, 0.6) is 0 Å². The van der Waals surface area contributed by atoms with E-state index in [1.165, 1.54) is 12.0 Å². The Kier molecular flexibility index (Phi) is 3.02. The Morgan fingerprint density at radius 2 is 2.12 bits per heavy atom. The van der Waals surface area contributed by atoms with E-state index in [1.807, 2.05) is 13.1 Å². The average Bonchev–Trinajstić information content (AvgIpc) is 2.36. The highest BCUT2D eigenvalue weighted by Crippen LogP contribution is 2.39. The van der Waals surface area contributed by atoms with Gasteiger partial charge in [0.15, 0.2) is 0 Å². The van der Waals surface area contributed by atoms with Gasteiger partial charge in [-0.3, -0.25) is 0 Å². The number of hydrogen-bond acceptors (Lipinski definition) is 1. The van der Waals surface area contributed by atoms with E-state index in [2.05, 4.69) is 19.2 Å². The zero-order valence-electron chi connectivity index (χ0n) is 10.3. The van der Waals surface area contributed by atoms with E-state index in [1.54, 1.807) is 12.1 Å². The van der Waals surface area contributed by atoms with Crippen LogP contribution in [0.15, 0.2) is 18.2 Å². The third-order valence-electron chi connectivity index (χ3n) is 3.66. The molecule has 16 heavy (non-hydrogen) atoms. The first kappa shape index (κ1) is 11.6. The fourth-order valence-electron chi connectivity index (χ4n) is 2.61. The number of halogens is 1. The molecule has 2 rings (SSSR count). The minimum absolute atomic E-state index is 0.126. The van der Waals surface area contributed by atoms with Crippen molar-refractivity contribution < 1.29 is 4.39 Å². The van der Waals surface area contributed by atoms with Crippen molar-refractivity contribution in [1.82, 2.24) is 5.32 Å². The summed E-state index contributed by atoms with van der Waals surface area (Å²) in [5.74, 6) is -0.126. The van der Waals surface area contributed by atoms with Crippen LogP contribution in [-0.2, 0) is 6.42 Å². The predicted molar refractivity (Wildman–Crippen MR) is 64.9 cm³/mol. The van der Waals surface area contributed by atoms with Gasteiger partial charge in [0.25, 0.3) is 0 Å². The number of hydrogen-bond donors (Lipinski definition) is 1. The molecule has 1 aliphatic carbocycles. The summed E-state index contributed by atoms with van der Waals surface area (Å²) in [5.41, 5.74) is 2.77. The molecule has 1 aromatic rings. The van der Waals surface area contributed by atoms with Gasteiger partial charge in [0.05, 0.1) is 0 Å². The van der Waals surface area contributed by atoms with E-state index in [0.29, 0.717) is 5.41 Å². The normalized spacial score (nSPS) is 23.6. The summed E-state index contributed by atoms with van der Waals surface area (Å²) in [6, 6.07) is 5.49. The molecule has 0 bridgehead atoms. The number of rotatable bonds is 1. The maximum absolute atomic E-state index is 13.3. The molecule has 0 radical (unpaired) electrons. The highest BCUT2D eigenvalue weighted by Gasteiger charge is 2.28. The molecule has 1 aromatic carbocycles. The second-order valence-electron chi connectivity index (χ2n) is 5.55. The SMILES string of the molecule is CNC1CC(C)(C)CCc2ccc(F)cc21. The van der Waals surface area contributed by atoms with Crippen molar-refractivity contribution in [3.05, 3.63) is 35.1 Å². The lowest BCUT2D eigenvalue weighted by Crippen LogP contribution is -2.22. The zero-order chi connectivity index (χ0) is 11.8. The molecule has 1 atom stereocenters. The first-order chi connectivity index (χ1) is 7.52. The van der Waals surface area contributed by atoms with Crippen LogP contribution in [0.25, 0.3) is 0 Å². The molecule has 0 aliphatic heterocycles. The van der Waals surface area contributed by atoms with Crippen molar-refractivity contribution in [2.45, 2.75) is 39.2 Å². The molecule has 1 N–H and O–H groups in total. The number of nitrogens with one attached hydrogen (secondary N) is 1. The maximum atomic E-state index is 13.3. The Morgan fingerprint density at radius 3 is 2.81 bits per heavy atom. The van der Waals surface area contributed by atoms with Gasteiger partial charge in [-0.25, -0.2) is 4.39 Å². The lowest BCUT2D eigenvalue weighted by molar-refractivity contribution is 0.279. The quantitative estimate of drug-likeness (QED) is 0.716. The van der Waals surface area contributed by atoms with Gasteiger partial charge in [-0.05, 0) is 55.0 Å². The van der Waals surface area contributed by atoms with Crippen LogP contribution in [0.3, 0.4) is 0 Å². The molecule has 1 nitrogen and oxygen atoms in total. The van der Waals surface area contributed by atoms with Crippen LogP contribution in [0, 0.1) is 11.2 Å². The van der Waals surface area contributed by atoms with Crippen LogP contribution in [-0.4, -0.2) is 7.05 Å². The molecule has 0 saturated heterocycles. The molecule has 0 saturated carbocycles. The summed E-state index contributed by atoms with van der Waals surface area (Å²) in [6.07, 6.45) is 3.30. The molecule has 0 amide bonds. The summed E-state index contributed by atoms with van der Waals surface area (Å²) in [4.78, 5) is 0. The van der Waals surface area contributed by atoms with E-state index >= 15 is 0 Å². The molecular formula is C14H20FN. The second kappa shape index (κ2) is 4.17. The van der Waals surface area contributed by atoms with Crippen molar-refractivity contribution in [3.8, 4) is 0 Å². The standard InChI is InChI=1S/C14H20FN/c1-14(2)7-6-10-4-5-11(15)8-12(10)13(9-14)16-3/h4-5,8,13,16H,6-7,9H2,1-3H3. The minimum Gasteiger partial charge on any atom is -0.313 e. The zero-order valence-corrected chi connectivity index (χ0v) is 10.3. The number of benzene rings is 1. The lowest BCUT2D eigenvalue weighted by Gasteiger charge is -2.26. The summed E-state index contributed by atoms with van der Waals surface area (Å²) < 4.78 is 13.3. The first-order valence-corrected chi connectivity index (χ1v) is 5.97. The van der Waals surface area contributed by atoms with Gasteiger partial charge in [-0.15, -0.1) is 0 Å². The molecular weight excluding hydrogens is 201 g/mol. The van der Waals surface area contributed by atoms with Crippen LogP contribution >= 0.6 is 0 Å².